The van der Waals surface area contributed by atoms with E-state index >= 15 is 0 Å². The molecule has 1 aromatic carbocycles. The minimum Gasteiger partial charge on any atom is -0.382 e. The molecule has 2 N–H and O–H groups in total. The number of nitrogens with zero attached hydrogens (tertiary/aromatic N) is 1. The number of benzene rings is 1. The summed E-state index contributed by atoms with van der Waals surface area (Å²) in [6.45, 7) is 2.73. The summed E-state index contributed by atoms with van der Waals surface area (Å²) in [5.41, 5.74) is 2.91. The van der Waals surface area contributed by atoms with Crippen molar-refractivity contribution in [2.24, 2.45) is 5.92 Å². The summed E-state index contributed by atoms with van der Waals surface area (Å²) in [5, 5.41) is 6.68. The molecule has 3 rings (SSSR count). The second-order valence-electron chi connectivity index (χ2n) is 6.30. The molecular formula is C17H25N3O. The van der Waals surface area contributed by atoms with Crippen LogP contribution in [-0.4, -0.2) is 37.5 Å². The predicted molar refractivity (Wildman–Crippen MR) is 87.0 cm³/mol. The number of hydrogen-bond donors (Lipinski definition) is 2. The van der Waals surface area contributed by atoms with Gasteiger partial charge in [0.1, 0.15) is 0 Å². The van der Waals surface area contributed by atoms with Gasteiger partial charge in [-0.15, -0.1) is 0 Å². The van der Waals surface area contributed by atoms with Crippen molar-refractivity contribution in [2.75, 3.05) is 37.3 Å². The van der Waals surface area contributed by atoms with E-state index in [1.165, 1.54) is 32.1 Å². The number of amides is 1. The van der Waals surface area contributed by atoms with Crippen LogP contribution >= 0.6 is 0 Å². The number of nitrogens with one attached hydrogen (secondary N) is 2. The lowest BCUT2D eigenvalue weighted by atomic mass is 9.89. The van der Waals surface area contributed by atoms with Gasteiger partial charge in [-0.3, -0.25) is 4.79 Å². The summed E-state index contributed by atoms with van der Waals surface area (Å²) in [5.74, 6) is 0.820. The first-order valence-corrected chi connectivity index (χ1v) is 8.11. The van der Waals surface area contributed by atoms with Crippen LogP contribution in [0.2, 0.25) is 0 Å². The molecule has 0 atom stereocenters. The molecule has 4 nitrogen and oxygen atoms in total. The van der Waals surface area contributed by atoms with E-state index in [2.05, 4.69) is 10.6 Å². The lowest BCUT2D eigenvalue weighted by molar-refractivity contribution is 0.0760. The van der Waals surface area contributed by atoms with Crippen molar-refractivity contribution in [3.8, 4) is 0 Å². The van der Waals surface area contributed by atoms with Crippen molar-refractivity contribution >= 4 is 17.3 Å². The zero-order valence-corrected chi connectivity index (χ0v) is 12.8. The third-order valence-corrected chi connectivity index (χ3v) is 4.63. The Labute approximate surface area is 126 Å². The van der Waals surface area contributed by atoms with Gasteiger partial charge in [0.25, 0.3) is 5.91 Å². The predicted octanol–water partition coefficient (Wildman–Crippen LogP) is 3.18. The van der Waals surface area contributed by atoms with Gasteiger partial charge in [-0.1, -0.05) is 19.3 Å². The number of hydrogen-bond acceptors (Lipinski definition) is 3. The molecule has 4 heteroatoms. The van der Waals surface area contributed by atoms with Gasteiger partial charge >= 0.3 is 0 Å². The molecule has 1 heterocycles. The van der Waals surface area contributed by atoms with Crippen molar-refractivity contribution in [3.05, 3.63) is 23.8 Å². The average Bonchev–Trinajstić information content (AvgIpc) is 2.54. The SMILES string of the molecule is CN(CC1CCCCC1)C(=O)c1ccc2c(c1)NCCN2. The van der Waals surface area contributed by atoms with Crippen LogP contribution in [0.1, 0.15) is 42.5 Å². The first-order chi connectivity index (χ1) is 10.2. The summed E-state index contributed by atoms with van der Waals surface area (Å²) in [6.07, 6.45) is 6.54. The molecule has 1 fully saturated rings. The van der Waals surface area contributed by atoms with Crippen molar-refractivity contribution in [3.63, 3.8) is 0 Å². The molecule has 0 saturated heterocycles. The summed E-state index contributed by atoms with van der Waals surface area (Å²) in [6, 6.07) is 5.91. The van der Waals surface area contributed by atoms with Crippen LogP contribution < -0.4 is 10.6 Å². The molecule has 1 aromatic rings. The minimum absolute atomic E-state index is 0.135. The van der Waals surface area contributed by atoms with Gasteiger partial charge in [-0.2, -0.15) is 0 Å². The third kappa shape index (κ3) is 3.31. The highest BCUT2D eigenvalue weighted by Gasteiger charge is 2.20. The Kier molecular flexibility index (Phi) is 4.32. The summed E-state index contributed by atoms with van der Waals surface area (Å²) < 4.78 is 0. The summed E-state index contributed by atoms with van der Waals surface area (Å²) in [4.78, 5) is 14.5. The zero-order chi connectivity index (χ0) is 14.7. The van der Waals surface area contributed by atoms with E-state index in [1.54, 1.807) is 0 Å². The Bertz CT molecular complexity index is 509. The second-order valence-corrected chi connectivity index (χ2v) is 6.30. The van der Waals surface area contributed by atoms with E-state index in [1.807, 2.05) is 30.1 Å². The van der Waals surface area contributed by atoms with Crippen molar-refractivity contribution in [2.45, 2.75) is 32.1 Å². The fourth-order valence-corrected chi connectivity index (χ4v) is 3.43. The molecule has 0 radical (unpaired) electrons. The molecule has 0 unspecified atom stereocenters. The quantitative estimate of drug-likeness (QED) is 0.897. The average molecular weight is 287 g/mol. The monoisotopic (exact) mass is 287 g/mol. The fourth-order valence-electron chi connectivity index (χ4n) is 3.43. The topological polar surface area (TPSA) is 44.4 Å². The van der Waals surface area contributed by atoms with Gasteiger partial charge in [-0.25, -0.2) is 0 Å². The van der Waals surface area contributed by atoms with Crippen LogP contribution in [0.25, 0.3) is 0 Å². The zero-order valence-electron chi connectivity index (χ0n) is 12.8. The number of anilines is 2. The maximum Gasteiger partial charge on any atom is 0.253 e. The Balaban J connectivity index is 1.66. The molecule has 0 aromatic heterocycles. The van der Waals surface area contributed by atoms with Crippen LogP contribution in [0.4, 0.5) is 11.4 Å². The molecule has 0 bridgehead atoms. The number of carbonyl (C=O) groups is 1. The molecule has 1 aliphatic carbocycles. The number of carbonyl (C=O) groups excluding carboxylic acids is 1. The van der Waals surface area contributed by atoms with E-state index in [9.17, 15) is 4.79 Å². The fraction of sp³-hybridized carbons (Fsp3) is 0.588. The van der Waals surface area contributed by atoms with E-state index in [-0.39, 0.29) is 5.91 Å². The van der Waals surface area contributed by atoms with Crippen LogP contribution in [0, 0.1) is 5.92 Å². The second kappa shape index (κ2) is 6.37. The Morgan fingerprint density at radius 3 is 2.62 bits per heavy atom. The van der Waals surface area contributed by atoms with Crippen molar-refractivity contribution in [1.82, 2.24) is 4.90 Å². The third-order valence-electron chi connectivity index (χ3n) is 4.63. The first kappa shape index (κ1) is 14.2. The van der Waals surface area contributed by atoms with Gasteiger partial charge in [0, 0.05) is 32.2 Å². The Morgan fingerprint density at radius 2 is 1.86 bits per heavy atom. The Hall–Kier alpha value is -1.71. The smallest absolute Gasteiger partial charge is 0.253 e. The number of fused-ring (bicyclic) bond motifs is 1. The molecule has 1 saturated carbocycles. The molecule has 21 heavy (non-hydrogen) atoms. The van der Waals surface area contributed by atoms with Gasteiger partial charge < -0.3 is 15.5 Å². The van der Waals surface area contributed by atoms with Crippen LogP contribution in [0.3, 0.4) is 0 Å². The first-order valence-electron chi connectivity index (χ1n) is 8.11. The highest BCUT2D eigenvalue weighted by atomic mass is 16.2. The van der Waals surface area contributed by atoms with Gasteiger partial charge in [0.15, 0.2) is 0 Å². The number of rotatable bonds is 3. The van der Waals surface area contributed by atoms with E-state index in [4.69, 9.17) is 0 Å². The maximum absolute atomic E-state index is 12.6. The lowest BCUT2D eigenvalue weighted by Gasteiger charge is -2.27. The molecule has 1 amide bonds. The Morgan fingerprint density at radius 1 is 1.14 bits per heavy atom. The van der Waals surface area contributed by atoms with Crippen LogP contribution in [0.5, 0.6) is 0 Å². The molecule has 0 spiro atoms. The molecule has 114 valence electrons. The van der Waals surface area contributed by atoms with Crippen LogP contribution in [0.15, 0.2) is 18.2 Å². The summed E-state index contributed by atoms with van der Waals surface area (Å²) >= 11 is 0. The lowest BCUT2D eigenvalue weighted by Crippen LogP contribution is -2.32. The van der Waals surface area contributed by atoms with Gasteiger partial charge in [0.05, 0.1) is 11.4 Å². The van der Waals surface area contributed by atoms with Crippen LogP contribution in [-0.2, 0) is 0 Å². The highest BCUT2D eigenvalue weighted by Crippen LogP contribution is 2.27. The van der Waals surface area contributed by atoms with E-state index < -0.39 is 0 Å². The molecule has 1 aliphatic heterocycles. The minimum atomic E-state index is 0.135. The van der Waals surface area contributed by atoms with E-state index in [0.717, 1.165) is 36.6 Å². The van der Waals surface area contributed by atoms with Crippen molar-refractivity contribution < 1.29 is 4.79 Å². The highest BCUT2D eigenvalue weighted by molar-refractivity contribution is 5.96. The summed E-state index contributed by atoms with van der Waals surface area (Å²) in [7, 11) is 1.93. The van der Waals surface area contributed by atoms with Crippen molar-refractivity contribution in [1.29, 1.82) is 0 Å². The molecule has 2 aliphatic rings. The largest absolute Gasteiger partial charge is 0.382 e. The standard InChI is InChI=1S/C17H25N3O/c1-20(12-13-5-3-2-4-6-13)17(21)14-7-8-15-16(11-14)19-10-9-18-15/h7-8,11,13,18-19H,2-6,9-10,12H2,1H3. The normalized spacial score (nSPS) is 18.3. The van der Waals surface area contributed by atoms with Gasteiger partial charge in [0.2, 0.25) is 0 Å². The molecular weight excluding hydrogens is 262 g/mol. The van der Waals surface area contributed by atoms with E-state index in [0.29, 0.717) is 5.92 Å². The maximum atomic E-state index is 12.6. The van der Waals surface area contributed by atoms with Gasteiger partial charge in [-0.05, 0) is 37.0 Å².